The fourth-order valence-electron chi connectivity index (χ4n) is 1.41. The molecule has 82 valence electrons. The number of nitrogens with zero attached hydrogens (tertiary/aromatic N) is 1. The molecule has 0 radical (unpaired) electrons. The van der Waals surface area contributed by atoms with Gasteiger partial charge in [0.05, 0.1) is 10.7 Å². The SMILES string of the molecule is NCc1cccc(Nc2ccncc2Cl)c1. The van der Waals surface area contributed by atoms with Crippen LogP contribution in [0, 0.1) is 0 Å². The summed E-state index contributed by atoms with van der Waals surface area (Å²) in [5, 5.41) is 3.82. The van der Waals surface area contributed by atoms with Gasteiger partial charge in [-0.2, -0.15) is 0 Å². The highest BCUT2D eigenvalue weighted by Crippen LogP contribution is 2.24. The van der Waals surface area contributed by atoms with E-state index in [2.05, 4.69) is 10.3 Å². The number of nitrogens with two attached hydrogens (primary N) is 1. The van der Waals surface area contributed by atoms with E-state index in [1.165, 1.54) is 0 Å². The van der Waals surface area contributed by atoms with Gasteiger partial charge in [0.15, 0.2) is 0 Å². The van der Waals surface area contributed by atoms with Gasteiger partial charge in [0.25, 0.3) is 0 Å². The molecule has 1 aromatic carbocycles. The zero-order chi connectivity index (χ0) is 11.4. The maximum atomic E-state index is 6.00. The predicted octanol–water partition coefficient (Wildman–Crippen LogP) is 2.94. The first kappa shape index (κ1) is 10.9. The molecule has 4 heteroatoms. The van der Waals surface area contributed by atoms with Crippen molar-refractivity contribution in [3.63, 3.8) is 0 Å². The summed E-state index contributed by atoms with van der Waals surface area (Å²) in [6.45, 7) is 0.527. The van der Waals surface area contributed by atoms with E-state index in [9.17, 15) is 0 Å². The van der Waals surface area contributed by atoms with Crippen LogP contribution in [-0.4, -0.2) is 4.98 Å². The number of aromatic nitrogens is 1. The predicted molar refractivity (Wildman–Crippen MR) is 66.9 cm³/mol. The summed E-state index contributed by atoms with van der Waals surface area (Å²) in [6, 6.07) is 9.74. The molecule has 0 saturated heterocycles. The maximum absolute atomic E-state index is 6.00. The fraction of sp³-hybridized carbons (Fsp3) is 0.0833. The van der Waals surface area contributed by atoms with Crippen LogP contribution < -0.4 is 11.1 Å². The zero-order valence-electron chi connectivity index (χ0n) is 8.65. The number of rotatable bonds is 3. The van der Waals surface area contributed by atoms with Gasteiger partial charge in [-0.1, -0.05) is 23.7 Å². The lowest BCUT2D eigenvalue weighted by Crippen LogP contribution is -1.97. The lowest BCUT2D eigenvalue weighted by molar-refractivity contribution is 1.07. The van der Waals surface area contributed by atoms with Gasteiger partial charge in [0, 0.05) is 24.6 Å². The molecule has 2 aromatic rings. The van der Waals surface area contributed by atoms with E-state index in [4.69, 9.17) is 17.3 Å². The molecular weight excluding hydrogens is 222 g/mol. The van der Waals surface area contributed by atoms with E-state index in [0.29, 0.717) is 11.6 Å². The molecule has 3 N–H and O–H groups in total. The third-order valence-corrected chi connectivity index (χ3v) is 2.52. The van der Waals surface area contributed by atoms with Crippen LogP contribution in [0.5, 0.6) is 0 Å². The lowest BCUT2D eigenvalue weighted by Gasteiger charge is -2.08. The molecule has 0 amide bonds. The molecule has 1 heterocycles. The van der Waals surface area contributed by atoms with Crippen molar-refractivity contribution in [2.24, 2.45) is 5.73 Å². The largest absolute Gasteiger partial charge is 0.354 e. The van der Waals surface area contributed by atoms with Gasteiger partial charge in [0.1, 0.15) is 0 Å². The van der Waals surface area contributed by atoms with Crippen LogP contribution in [0.2, 0.25) is 5.02 Å². The molecule has 1 aromatic heterocycles. The van der Waals surface area contributed by atoms with Crippen LogP contribution >= 0.6 is 11.6 Å². The van der Waals surface area contributed by atoms with Gasteiger partial charge in [-0.05, 0) is 23.8 Å². The Labute approximate surface area is 99.3 Å². The molecule has 0 aliphatic carbocycles. The van der Waals surface area contributed by atoms with Crippen molar-refractivity contribution >= 4 is 23.0 Å². The Kier molecular flexibility index (Phi) is 3.39. The van der Waals surface area contributed by atoms with Crippen LogP contribution in [0.15, 0.2) is 42.7 Å². The Morgan fingerprint density at radius 3 is 2.94 bits per heavy atom. The van der Waals surface area contributed by atoms with Gasteiger partial charge in [-0.15, -0.1) is 0 Å². The van der Waals surface area contributed by atoms with Crippen LogP contribution in [0.3, 0.4) is 0 Å². The number of benzene rings is 1. The summed E-state index contributed by atoms with van der Waals surface area (Å²) in [4.78, 5) is 3.93. The molecule has 0 aliphatic rings. The summed E-state index contributed by atoms with van der Waals surface area (Å²) in [5.74, 6) is 0. The summed E-state index contributed by atoms with van der Waals surface area (Å²) >= 11 is 6.00. The first-order valence-corrected chi connectivity index (χ1v) is 5.33. The minimum atomic E-state index is 0.527. The summed E-state index contributed by atoms with van der Waals surface area (Å²) in [7, 11) is 0. The number of nitrogens with one attached hydrogen (secondary N) is 1. The number of hydrogen-bond acceptors (Lipinski definition) is 3. The third-order valence-electron chi connectivity index (χ3n) is 2.21. The normalized spacial score (nSPS) is 10.1. The Morgan fingerprint density at radius 2 is 2.19 bits per heavy atom. The van der Waals surface area contributed by atoms with Gasteiger partial charge >= 0.3 is 0 Å². The summed E-state index contributed by atoms with van der Waals surface area (Å²) in [5.41, 5.74) is 8.46. The summed E-state index contributed by atoms with van der Waals surface area (Å²) < 4.78 is 0. The molecule has 16 heavy (non-hydrogen) atoms. The summed E-state index contributed by atoms with van der Waals surface area (Å²) in [6.07, 6.45) is 3.30. The van der Waals surface area contributed by atoms with Crippen LogP contribution in [0.25, 0.3) is 0 Å². The zero-order valence-corrected chi connectivity index (χ0v) is 9.41. The van der Waals surface area contributed by atoms with Crippen molar-refractivity contribution in [2.45, 2.75) is 6.54 Å². The van der Waals surface area contributed by atoms with E-state index in [1.54, 1.807) is 12.4 Å². The van der Waals surface area contributed by atoms with Crippen molar-refractivity contribution < 1.29 is 0 Å². The second kappa shape index (κ2) is 4.96. The highest BCUT2D eigenvalue weighted by atomic mass is 35.5. The van der Waals surface area contributed by atoms with Crippen molar-refractivity contribution in [3.8, 4) is 0 Å². The fourth-order valence-corrected chi connectivity index (χ4v) is 1.57. The van der Waals surface area contributed by atoms with Gasteiger partial charge in [-0.25, -0.2) is 0 Å². The molecule has 0 atom stereocenters. The van der Waals surface area contributed by atoms with E-state index >= 15 is 0 Å². The molecular formula is C12H12ClN3. The van der Waals surface area contributed by atoms with Crippen LogP contribution in [0.1, 0.15) is 5.56 Å². The van der Waals surface area contributed by atoms with Crippen molar-refractivity contribution in [1.82, 2.24) is 4.98 Å². The first-order valence-electron chi connectivity index (χ1n) is 4.95. The first-order chi connectivity index (χ1) is 7.79. The second-order valence-corrected chi connectivity index (χ2v) is 3.79. The minimum absolute atomic E-state index is 0.527. The highest BCUT2D eigenvalue weighted by Gasteiger charge is 2.00. The second-order valence-electron chi connectivity index (χ2n) is 3.39. The van der Waals surface area contributed by atoms with E-state index in [0.717, 1.165) is 16.9 Å². The number of hydrogen-bond donors (Lipinski definition) is 2. The van der Waals surface area contributed by atoms with Gasteiger partial charge in [-0.3, -0.25) is 4.98 Å². The molecule has 0 fully saturated rings. The van der Waals surface area contributed by atoms with Crippen LogP contribution in [0.4, 0.5) is 11.4 Å². The van der Waals surface area contributed by atoms with E-state index in [1.807, 2.05) is 30.3 Å². The smallest absolute Gasteiger partial charge is 0.0824 e. The Balaban J connectivity index is 2.24. The third kappa shape index (κ3) is 2.51. The van der Waals surface area contributed by atoms with E-state index in [-0.39, 0.29) is 0 Å². The standard InChI is InChI=1S/C12H12ClN3/c13-11-8-15-5-4-12(11)16-10-3-1-2-9(6-10)7-14/h1-6,8H,7,14H2,(H,15,16). The molecule has 2 rings (SSSR count). The quantitative estimate of drug-likeness (QED) is 0.857. The monoisotopic (exact) mass is 233 g/mol. The molecule has 0 spiro atoms. The maximum Gasteiger partial charge on any atom is 0.0824 e. The van der Waals surface area contributed by atoms with Crippen molar-refractivity contribution in [1.29, 1.82) is 0 Å². The molecule has 0 aliphatic heterocycles. The average molecular weight is 234 g/mol. The van der Waals surface area contributed by atoms with Gasteiger partial charge in [0.2, 0.25) is 0 Å². The Bertz CT molecular complexity index is 485. The Hall–Kier alpha value is -1.58. The van der Waals surface area contributed by atoms with Crippen molar-refractivity contribution in [3.05, 3.63) is 53.3 Å². The van der Waals surface area contributed by atoms with Crippen molar-refractivity contribution in [2.75, 3.05) is 5.32 Å². The van der Waals surface area contributed by atoms with E-state index < -0.39 is 0 Å². The molecule has 0 unspecified atom stereocenters. The lowest BCUT2D eigenvalue weighted by atomic mass is 10.2. The van der Waals surface area contributed by atoms with Crippen LogP contribution in [-0.2, 0) is 6.54 Å². The minimum Gasteiger partial charge on any atom is -0.354 e. The topological polar surface area (TPSA) is 50.9 Å². The van der Waals surface area contributed by atoms with Gasteiger partial charge < -0.3 is 11.1 Å². The molecule has 3 nitrogen and oxygen atoms in total. The molecule has 0 saturated carbocycles. The number of halogens is 1. The number of pyridine rings is 1. The number of anilines is 2. The Morgan fingerprint density at radius 1 is 1.31 bits per heavy atom. The highest BCUT2D eigenvalue weighted by molar-refractivity contribution is 6.33. The molecule has 0 bridgehead atoms. The average Bonchev–Trinajstić information content (AvgIpc) is 2.32.